The third-order valence-corrected chi connectivity index (χ3v) is 6.90. The van der Waals surface area contributed by atoms with Crippen LogP contribution in [0.5, 0.6) is 0 Å². The van der Waals surface area contributed by atoms with Crippen LogP contribution in [-0.2, 0) is 19.5 Å². The minimum Gasteiger partial charge on any atom is -0.294 e. The second kappa shape index (κ2) is 8.10. The van der Waals surface area contributed by atoms with Crippen molar-refractivity contribution in [3.05, 3.63) is 64.7 Å². The van der Waals surface area contributed by atoms with E-state index in [4.69, 9.17) is 9.97 Å². The van der Waals surface area contributed by atoms with Crippen molar-refractivity contribution in [2.45, 2.75) is 57.5 Å². The molecule has 0 unspecified atom stereocenters. The van der Waals surface area contributed by atoms with Gasteiger partial charge in [-0.25, -0.2) is 9.97 Å². The van der Waals surface area contributed by atoms with Gasteiger partial charge in [-0.3, -0.25) is 9.88 Å². The van der Waals surface area contributed by atoms with Gasteiger partial charge in [0, 0.05) is 55.6 Å². The summed E-state index contributed by atoms with van der Waals surface area (Å²) in [6.45, 7) is 2.93. The average molecular weight is 391 g/mol. The van der Waals surface area contributed by atoms with E-state index in [1.54, 1.807) is 11.3 Å². The van der Waals surface area contributed by atoms with Crippen molar-refractivity contribution in [2.75, 3.05) is 6.54 Å². The van der Waals surface area contributed by atoms with Gasteiger partial charge in [-0.1, -0.05) is 31.4 Å². The molecule has 144 valence electrons. The van der Waals surface area contributed by atoms with Gasteiger partial charge >= 0.3 is 0 Å². The summed E-state index contributed by atoms with van der Waals surface area (Å²) < 4.78 is 0. The number of rotatable bonds is 4. The Hall–Kier alpha value is -2.11. The maximum atomic E-state index is 4.97. The molecule has 0 bridgehead atoms. The lowest BCUT2D eigenvalue weighted by atomic mass is 9.88. The van der Waals surface area contributed by atoms with Gasteiger partial charge in [0.15, 0.2) is 0 Å². The number of aromatic nitrogens is 3. The van der Waals surface area contributed by atoms with E-state index >= 15 is 0 Å². The highest BCUT2D eigenvalue weighted by Crippen LogP contribution is 2.31. The molecule has 4 nitrogen and oxygen atoms in total. The normalized spacial score (nSPS) is 18.1. The van der Waals surface area contributed by atoms with E-state index in [9.17, 15) is 0 Å². The van der Waals surface area contributed by atoms with Gasteiger partial charge in [-0.2, -0.15) is 0 Å². The predicted octanol–water partition coefficient (Wildman–Crippen LogP) is 5.21. The van der Waals surface area contributed by atoms with Gasteiger partial charge in [-0.05, 0) is 35.9 Å². The first kappa shape index (κ1) is 18.0. The van der Waals surface area contributed by atoms with Crippen LogP contribution >= 0.6 is 11.3 Å². The molecular formula is C23H26N4S. The van der Waals surface area contributed by atoms with Gasteiger partial charge in [0.05, 0.1) is 10.6 Å². The van der Waals surface area contributed by atoms with E-state index < -0.39 is 0 Å². The minimum atomic E-state index is 0.588. The van der Waals surface area contributed by atoms with Crippen molar-refractivity contribution in [2.24, 2.45) is 0 Å². The highest BCUT2D eigenvalue weighted by atomic mass is 32.1. The number of thiophene rings is 1. The lowest BCUT2D eigenvalue weighted by Gasteiger charge is -2.29. The average Bonchev–Trinajstić information content (AvgIpc) is 3.29. The molecule has 0 radical (unpaired) electrons. The summed E-state index contributed by atoms with van der Waals surface area (Å²) in [6, 6.07) is 8.54. The van der Waals surface area contributed by atoms with E-state index in [-0.39, 0.29) is 0 Å². The molecule has 0 atom stereocenters. The standard InChI is InChI=1S/C23H26N4S/c1-2-5-18(6-3-1)23-25-14-19-16-27(11-10-20(19)26-23)15-17-8-9-21(24-13-17)22-7-4-12-28-22/h4,7-9,12-14,18H,1-3,5-6,10-11,15-16H2. The smallest absolute Gasteiger partial charge is 0.131 e. The second-order valence-electron chi connectivity index (χ2n) is 8.02. The van der Waals surface area contributed by atoms with Crippen molar-refractivity contribution in [3.63, 3.8) is 0 Å². The van der Waals surface area contributed by atoms with Crippen molar-refractivity contribution in [3.8, 4) is 10.6 Å². The monoisotopic (exact) mass is 390 g/mol. The Labute approximate surface area is 170 Å². The summed E-state index contributed by atoms with van der Waals surface area (Å²) in [5, 5.41) is 2.10. The zero-order valence-corrected chi connectivity index (χ0v) is 17.0. The Kier molecular flexibility index (Phi) is 5.19. The quantitative estimate of drug-likeness (QED) is 0.613. The van der Waals surface area contributed by atoms with Crippen molar-refractivity contribution < 1.29 is 0 Å². The summed E-state index contributed by atoms with van der Waals surface area (Å²) in [4.78, 5) is 18.1. The SMILES string of the molecule is c1csc(-c2ccc(CN3CCc4nc(C5CCCCC5)ncc4C3)cn2)c1. The Morgan fingerprint density at radius 2 is 1.96 bits per heavy atom. The van der Waals surface area contributed by atoms with Crippen molar-refractivity contribution in [1.29, 1.82) is 0 Å². The lowest BCUT2D eigenvalue weighted by Crippen LogP contribution is -2.31. The fourth-order valence-electron chi connectivity index (χ4n) is 4.43. The first-order valence-corrected chi connectivity index (χ1v) is 11.3. The molecule has 3 aromatic heterocycles. The van der Waals surface area contributed by atoms with E-state index in [1.807, 2.05) is 6.20 Å². The van der Waals surface area contributed by atoms with Gasteiger partial charge < -0.3 is 0 Å². The van der Waals surface area contributed by atoms with E-state index in [1.165, 1.54) is 53.8 Å². The Morgan fingerprint density at radius 1 is 1.04 bits per heavy atom. The van der Waals surface area contributed by atoms with Gasteiger partial charge in [0.25, 0.3) is 0 Å². The molecule has 0 amide bonds. The van der Waals surface area contributed by atoms with Crippen LogP contribution in [0.3, 0.4) is 0 Å². The molecule has 1 fully saturated rings. The third-order valence-electron chi connectivity index (χ3n) is 6.01. The van der Waals surface area contributed by atoms with E-state index in [2.05, 4.69) is 45.7 Å². The molecule has 0 saturated heterocycles. The van der Waals surface area contributed by atoms with E-state index in [0.717, 1.165) is 37.6 Å². The molecule has 5 rings (SSSR count). The van der Waals surface area contributed by atoms with E-state index in [0.29, 0.717) is 5.92 Å². The Balaban J connectivity index is 1.24. The Morgan fingerprint density at radius 3 is 2.75 bits per heavy atom. The highest BCUT2D eigenvalue weighted by molar-refractivity contribution is 7.13. The molecule has 0 spiro atoms. The third kappa shape index (κ3) is 3.87. The van der Waals surface area contributed by atoms with Crippen LogP contribution < -0.4 is 0 Å². The molecule has 3 aromatic rings. The fraction of sp³-hybridized carbons (Fsp3) is 0.435. The summed E-state index contributed by atoms with van der Waals surface area (Å²) in [5.41, 5.74) is 4.90. The molecule has 5 heteroatoms. The fourth-order valence-corrected chi connectivity index (χ4v) is 5.13. The molecule has 28 heavy (non-hydrogen) atoms. The maximum absolute atomic E-state index is 4.97. The number of pyridine rings is 1. The molecule has 0 N–H and O–H groups in total. The second-order valence-corrected chi connectivity index (χ2v) is 8.97. The zero-order valence-electron chi connectivity index (χ0n) is 16.2. The maximum Gasteiger partial charge on any atom is 0.131 e. The molecular weight excluding hydrogens is 364 g/mol. The number of hydrogen-bond acceptors (Lipinski definition) is 5. The summed E-state index contributed by atoms with van der Waals surface area (Å²) in [7, 11) is 0. The van der Waals surface area contributed by atoms with Crippen LogP contribution in [0.2, 0.25) is 0 Å². The first-order valence-electron chi connectivity index (χ1n) is 10.4. The first-order chi connectivity index (χ1) is 13.8. The summed E-state index contributed by atoms with van der Waals surface area (Å²) in [5.74, 6) is 1.69. The lowest BCUT2D eigenvalue weighted by molar-refractivity contribution is 0.242. The topological polar surface area (TPSA) is 41.9 Å². The van der Waals surface area contributed by atoms with Crippen LogP contribution in [0.15, 0.2) is 42.0 Å². The summed E-state index contributed by atoms with van der Waals surface area (Å²) >= 11 is 1.73. The molecule has 1 saturated carbocycles. The van der Waals surface area contributed by atoms with Crippen LogP contribution in [0.1, 0.15) is 60.7 Å². The number of hydrogen-bond donors (Lipinski definition) is 0. The van der Waals surface area contributed by atoms with Crippen LogP contribution in [-0.4, -0.2) is 26.4 Å². The molecule has 1 aliphatic heterocycles. The highest BCUT2D eigenvalue weighted by Gasteiger charge is 2.22. The predicted molar refractivity (Wildman–Crippen MR) is 113 cm³/mol. The van der Waals surface area contributed by atoms with Gasteiger partial charge in [0.1, 0.15) is 5.82 Å². The number of fused-ring (bicyclic) bond motifs is 1. The van der Waals surface area contributed by atoms with Gasteiger partial charge in [0.2, 0.25) is 0 Å². The zero-order chi connectivity index (χ0) is 18.8. The largest absolute Gasteiger partial charge is 0.294 e. The molecule has 2 aliphatic rings. The van der Waals surface area contributed by atoms with Crippen LogP contribution in [0.4, 0.5) is 0 Å². The Bertz CT molecular complexity index is 914. The molecule has 0 aromatic carbocycles. The van der Waals surface area contributed by atoms with Crippen molar-refractivity contribution >= 4 is 11.3 Å². The molecule has 1 aliphatic carbocycles. The van der Waals surface area contributed by atoms with Gasteiger partial charge in [-0.15, -0.1) is 11.3 Å². The van der Waals surface area contributed by atoms with Crippen LogP contribution in [0, 0.1) is 0 Å². The van der Waals surface area contributed by atoms with Crippen LogP contribution in [0.25, 0.3) is 10.6 Å². The number of nitrogens with zero attached hydrogens (tertiary/aromatic N) is 4. The minimum absolute atomic E-state index is 0.588. The molecule has 4 heterocycles. The van der Waals surface area contributed by atoms with Crippen molar-refractivity contribution in [1.82, 2.24) is 19.9 Å². The summed E-state index contributed by atoms with van der Waals surface area (Å²) in [6.07, 6.45) is 11.7.